The summed E-state index contributed by atoms with van der Waals surface area (Å²) in [6.45, 7) is 1.50. The average Bonchev–Trinajstić information content (AvgIpc) is 2.89. The SMILES string of the molecule is CNCc1ccccc1S(=O)(=O)N1CCC(OC)C1. The largest absolute Gasteiger partial charge is 0.380 e. The zero-order valence-electron chi connectivity index (χ0n) is 11.3. The summed E-state index contributed by atoms with van der Waals surface area (Å²) in [6.07, 6.45) is 0.760. The zero-order chi connectivity index (χ0) is 13.9. The molecule has 1 aliphatic heterocycles. The summed E-state index contributed by atoms with van der Waals surface area (Å²) in [7, 11) is 0.00530. The second kappa shape index (κ2) is 6.00. The van der Waals surface area contributed by atoms with Crippen molar-refractivity contribution in [1.29, 1.82) is 0 Å². The van der Waals surface area contributed by atoms with Crippen LogP contribution in [0.5, 0.6) is 0 Å². The van der Waals surface area contributed by atoms with Crippen LogP contribution in [0.2, 0.25) is 0 Å². The van der Waals surface area contributed by atoms with Gasteiger partial charge >= 0.3 is 0 Å². The third-order valence-corrected chi connectivity index (χ3v) is 5.36. The van der Waals surface area contributed by atoms with Gasteiger partial charge in [-0.15, -0.1) is 0 Å². The van der Waals surface area contributed by atoms with E-state index >= 15 is 0 Å². The summed E-state index contributed by atoms with van der Waals surface area (Å²) in [6, 6.07) is 7.12. The lowest BCUT2D eigenvalue weighted by molar-refractivity contribution is 0.115. The Hall–Kier alpha value is -0.950. The summed E-state index contributed by atoms with van der Waals surface area (Å²) < 4.78 is 32.0. The molecule has 1 aromatic rings. The van der Waals surface area contributed by atoms with Crippen LogP contribution in [0.4, 0.5) is 0 Å². The highest BCUT2D eigenvalue weighted by atomic mass is 32.2. The summed E-state index contributed by atoms with van der Waals surface area (Å²) in [5.74, 6) is 0. The van der Waals surface area contributed by atoms with E-state index in [1.54, 1.807) is 26.3 Å². The minimum absolute atomic E-state index is 0.00578. The fourth-order valence-electron chi connectivity index (χ4n) is 2.34. The summed E-state index contributed by atoms with van der Waals surface area (Å²) in [5.41, 5.74) is 0.797. The Kier molecular flexibility index (Phi) is 4.57. The fraction of sp³-hybridized carbons (Fsp3) is 0.538. The van der Waals surface area contributed by atoms with E-state index < -0.39 is 10.0 Å². The molecule has 1 fully saturated rings. The Bertz CT molecular complexity index is 530. The van der Waals surface area contributed by atoms with Crippen LogP contribution in [-0.2, 0) is 21.3 Å². The Balaban J connectivity index is 2.30. The van der Waals surface area contributed by atoms with Gasteiger partial charge in [0.1, 0.15) is 0 Å². The smallest absolute Gasteiger partial charge is 0.243 e. The molecule has 1 saturated heterocycles. The van der Waals surface area contributed by atoms with Gasteiger partial charge in [-0.3, -0.25) is 0 Å². The summed E-state index contributed by atoms with van der Waals surface area (Å²) in [5, 5.41) is 3.00. The third-order valence-electron chi connectivity index (χ3n) is 3.40. The number of benzene rings is 1. The monoisotopic (exact) mass is 284 g/mol. The molecule has 0 spiro atoms. The number of nitrogens with zero attached hydrogens (tertiary/aromatic N) is 1. The number of rotatable bonds is 5. The van der Waals surface area contributed by atoms with Crippen LogP contribution in [0.1, 0.15) is 12.0 Å². The van der Waals surface area contributed by atoms with Gasteiger partial charge in [-0.2, -0.15) is 4.31 Å². The van der Waals surface area contributed by atoms with Crippen LogP contribution >= 0.6 is 0 Å². The fourth-order valence-corrected chi connectivity index (χ4v) is 4.05. The molecule has 0 aliphatic carbocycles. The third kappa shape index (κ3) is 2.97. The molecule has 2 rings (SSSR count). The van der Waals surface area contributed by atoms with Crippen LogP contribution in [0.15, 0.2) is 29.2 Å². The lowest BCUT2D eigenvalue weighted by Crippen LogP contribution is -2.31. The quantitative estimate of drug-likeness (QED) is 0.869. The van der Waals surface area contributed by atoms with Crippen LogP contribution in [0.25, 0.3) is 0 Å². The predicted molar refractivity (Wildman–Crippen MR) is 73.4 cm³/mol. The van der Waals surface area contributed by atoms with E-state index in [1.807, 2.05) is 12.1 Å². The van der Waals surface area contributed by atoms with Crippen molar-refractivity contribution in [1.82, 2.24) is 9.62 Å². The lowest BCUT2D eigenvalue weighted by Gasteiger charge is -2.18. The van der Waals surface area contributed by atoms with Gasteiger partial charge in [-0.1, -0.05) is 18.2 Å². The standard InChI is InChI=1S/C13H20N2O3S/c1-14-9-11-5-3-4-6-13(11)19(16,17)15-8-7-12(10-15)18-2/h3-6,12,14H,7-10H2,1-2H3. The predicted octanol–water partition coefficient (Wildman–Crippen LogP) is 0.815. The minimum Gasteiger partial charge on any atom is -0.380 e. The number of hydrogen-bond acceptors (Lipinski definition) is 4. The van der Waals surface area contributed by atoms with Gasteiger partial charge in [0, 0.05) is 26.7 Å². The number of methoxy groups -OCH3 is 1. The van der Waals surface area contributed by atoms with Gasteiger partial charge in [0.05, 0.1) is 11.0 Å². The van der Waals surface area contributed by atoms with Crippen LogP contribution < -0.4 is 5.32 Å². The first kappa shape index (κ1) is 14.5. The highest BCUT2D eigenvalue weighted by Crippen LogP contribution is 2.24. The zero-order valence-corrected chi connectivity index (χ0v) is 12.1. The number of nitrogens with one attached hydrogen (secondary N) is 1. The Morgan fingerprint density at radius 3 is 2.79 bits per heavy atom. The van der Waals surface area contributed by atoms with Crippen molar-refractivity contribution in [3.8, 4) is 0 Å². The molecule has 1 atom stereocenters. The van der Waals surface area contributed by atoms with Crippen LogP contribution in [0.3, 0.4) is 0 Å². The van der Waals surface area contributed by atoms with E-state index in [0.717, 1.165) is 12.0 Å². The maximum absolute atomic E-state index is 12.6. The Morgan fingerprint density at radius 2 is 2.16 bits per heavy atom. The normalized spacial score (nSPS) is 20.8. The molecule has 1 N–H and O–H groups in total. The van der Waals surface area contributed by atoms with Crippen molar-refractivity contribution in [2.24, 2.45) is 0 Å². The van der Waals surface area contributed by atoms with Gasteiger partial charge in [0.2, 0.25) is 10.0 Å². The second-order valence-corrected chi connectivity index (χ2v) is 6.55. The molecular formula is C13H20N2O3S. The number of sulfonamides is 1. The van der Waals surface area contributed by atoms with E-state index in [0.29, 0.717) is 24.5 Å². The van der Waals surface area contributed by atoms with Crippen molar-refractivity contribution in [3.05, 3.63) is 29.8 Å². The molecule has 1 aromatic carbocycles. The van der Waals surface area contributed by atoms with Crippen molar-refractivity contribution in [2.45, 2.75) is 24.0 Å². The molecule has 0 radical (unpaired) electrons. The van der Waals surface area contributed by atoms with Crippen molar-refractivity contribution >= 4 is 10.0 Å². The Labute approximate surface area is 114 Å². The van der Waals surface area contributed by atoms with Gasteiger partial charge in [-0.25, -0.2) is 8.42 Å². The Morgan fingerprint density at radius 1 is 1.42 bits per heavy atom. The first-order valence-corrected chi connectivity index (χ1v) is 7.79. The highest BCUT2D eigenvalue weighted by Gasteiger charge is 2.33. The topological polar surface area (TPSA) is 58.6 Å². The molecule has 1 aliphatic rings. The molecule has 0 saturated carbocycles. The molecular weight excluding hydrogens is 264 g/mol. The highest BCUT2D eigenvalue weighted by molar-refractivity contribution is 7.89. The molecule has 19 heavy (non-hydrogen) atoms. The second-order valence-electron chi connectivity index (χ2n) is 4.65. The lowest BCUT2D eigenvalue weighted by atomic mass is 10.2. The van der Waals surface area contributed by atoms with Gasteiger partial charge in [0.25, 0.3) is 0 Å². The van der Waals surface area contributed by atoms with Gasteiger partial charge in [0.15, 0.2) is 0 Å². The molecule has 106 valence electrons. The molecule has 0 amide bonds. The first-order chi connectivity index (χ1) is 9.09. The van der Waals surface area contributed by atoms with Crippen molar-refractivity contribution < 1.29 is 13.2 Å². The molecule has 5 nitrogen and oxygen atoms in total. The van der Waals surface area contributed by atoms with Gasteiger partial charge < -0.3 is 10.1 Å². The van der Waals surface area contributed by atoms with Crippen LogP contribution in [-0.4, -0.2) is 46.1 Å². The van der Waals surface area contributed by atoms with E-state index in [-0.39, 0.29) is 6.10 Å². The molecule has 1 unspecified atom stereocenters. The molecule has 6 heteroatoms. The molecule has 0 aromatic heterocycles. The van der Waals surface area contributed by atoms with E-state index in [1.165, 1.54) is 4.31 Å². The minimum atomic E-state index is -3.42. The molecule has 1 heterocycles. The summed E-state index contributed by atoms with van der Waals surface area (Å²) in [4.78, 5) is 0.390. The van der Waals surface area contributed by atoms with Crippen molar-refractivity contribution in [3.63, 3.8) is 0 Å². The van der Waals surface area contributed by atoms with E-state index in [9.17, 15) is 8.42 Å². The summed E-state index contributed by atoms with van der Waals surface area (Å²) >= 11 is 0. The number of hydrogen-bond donors (Lipinski definition) is 1. The van der Waals surface area contributed by atoms with Gasteiger partial charge in [-0.05, 0) is 25.1 Å². The number of ether oxygens (including phenoxy) is 1. The van der Waals surface area contributed by atoms with Crippen molar-refractivity contribution in [2.75, 3.05) is 27.2 Å². The molecule has 0 bridgehead atoms. The van der Waals surface area contributed by atoms with Crippen LogP contribution in [0, 0.1) is 0 Å². The maximum Gasteiger partial charge on any atom is 0.243 e. The van der Waals surface area contributed by atoms with E-state index in [4.69, 9.17) is 4.74 Å². The average molecular weight is 284 g/mol. The maximum atomic E-state index is 12.6. The van der Waals surface area contributed by atoms with E-state index in [2.05, 4.69) is 5.32 Å². The first-order valence-electron chi connectivity index (χ1n) is 6.35.